The highest BCUT2D eigenvalue weighted by Crippen LogP contribution is 2.38. The average molecular weight is 603 g/mol. The van der Waals surface area contributed by atoms with Crippen LogP contribution in [0.4, 0.5) is 0 Å². The predicted molar refractivity (Wildman–Crippen MR) is 207 cm³/mol. The molecule has 0 aliphatic rings. The van der Waals surface area contributed by atoms with E-state index in [0.717, 1.165) is 22.3 Å². The van der Waals surface area contributed by atoms with Crippen molar-refractivity contribution in [1.29, 1.82) is 0 Å². The molecule has 0 fully saturated rings. The fourth-order valence-electron chi connectivity index (χ4n) is 6.74. The molecule has 7 rings (SSSR count). The Bertz CT molecular complexity index is 2390. The Kier molecular flexibility index (Phi) is 8.25. The highest BCUT2D eigenvalue weighted by molar-refractivity contribution is 6.14. The molecule has 0 saturated carbocycles. The average Bonchev–Trinajstić information content (AvgIpc) is 3.12. The van der Waals surface area contributed by atoms with Crippen LogP contribution in [-0.4, -0.2) is 0 Å². The Hall–Kier alpha value is -5.72. The first-order valence-electron chi connectivity index (χ1n) is 16.4. The summed E-state index contributed by atoms with van der Waals surface area (Å²) in [7, 11) is 0. The Labute approximate surface area is 278 Å². The van der Waals surface area contributed by atoms with E-state index >= 15 is 0 Å². The molecule has 0 radical (unpaired) electrons. The van der Waals surface area contributed by atoms with Gasteiger partial charge in [-0.15, -0.1) is 0 Å². The number of hydrogen-bond acceptors (Lipinski definition) is 0. The lowest BCUT2D eigenvalue weighted by Crippen LogP contribution is -1.96. The van der Waals surface area contributed by atoms with Crippen molar-refractivity contribution in [2.75, 3.05) is 0 Å². The van der Waals surface area contributed by atoms with Gasteiger partial charge in [-0.1, -0.05) is 140 Å². The van der Waals surface area contributed by atoms with E-state index in [9.17, 15) is 0 Å². The van der Waals surface area contributed by atoms with Gasteiger partial charge in [0.1, 0.15) is 0 Å². The number of hydrogen-bond donors (Lipinski definition) is 0. The van der Waals surface area contributed by atoms with Gasteiger partial charge < -0.3 is 0 Å². The van der Waals surface area contributed by atoms with Gasteiger partial charge in [-0.25, -0.2) is 0 Å². The number of benzene rings is 7. The van der Waals surface area contributed by atoms with Gasteiger partial charge >= 0.3 is 0 Å². The summed E-state index contributed by atoms with van der Waals surface area (Å²) in [6, 6.07) is 50.7. The minimum Gasteiger partial charge on any atom is -0.0911 e. The van der Waals surface area contributed by atoms with E-state index in [1.807, 2.05) is 0 Å². The van der Waals surface area contributed by atoms with Crippen molar-refractivity contribution in [1.82, 2.24) is 0 Å². The minimum absolute atomic E-state index is 0.983. The maximum absolute atomic E-state index is 4.61. The molecule has 0 aliphatic carbocycles. The molecule has 7 aromatic carbocycles. The topological polar surface area (TPSA) is 0 Å². The second-order valence-electron chi connectivity index (χ2n) is 12.2. The molecule has 0 unspecified atom stereocenters. The van der Waals surface area contributed by atoms with Crippen molar-refractivity contribution in [3.05, 3.63) is 198 Å². The fraction of sp³-hybridized carbons (Fsp3) is 0.0638. The van der Waals surface area contributed by atoms with Crippen molar-refractivity contribution >= 4 is 49.0 Å². The summed E-state index contributed by atoms with van der Waals surface area (Å²) in [6.07, 6.45) is 8.72. The molecule has 0 atom stereocenters. The third kappa shape index (κ3) is 5.87. The van der Waals surface area contributed by atoms with Crippen LogP contribution in [0.25, 0.3) is 60.2 Å². The van der Waals surface area contributed by atoms with Gasteiger partial charge in [-0.2, -0.15) is 0 Å². The third-order valence-electron chi connectivity index (χ3n) is 9.21. The number of fused-ring (bicyclic) bond motifs is 4. The quantitative estimate of drug-likeness (QED) is 0.126. The predicted octanol–water partition coefficient (Wildman–Crippen LogP) is 13.2. The number of rotatable bonds is 7. The van der Waals surface area contributed by atoms with E-state index in [2.05, 4.69) is 191 Å². The van der Waals surface area contributed by atoms with Crippen molar-refractivity contribution < 1.29 is 0 Å². The molecule has 0 bridgehead atoms. The van der Waals surface area contributed by atoms with Crippen LogP contribution >= 0.6 is 0 Å². The summed E-state index contributed by atoms with van der Waals surface area (Å²) in [5.41, 5.74) is 11.7. The molecule has 0 heterocycles. The van der Waals surface area contributed by atoms with E-state index in [0.29, 0.717) is 0 Å². The van der Waals surface area contributed by atoms with Gasteiger partial charge in [0.05, 0.1) is 0 Å². The zero-order valence-electron chi connectivity index (χ0n) is 27.3. The van der Waals surface area contributed by atoms with E-state index in [1.54, 1.807) is 0 Å². The number of allylic oxidation sites excluding steroid dienone is 6. The standard InChI is InChI=1S/C47H38/c1-5-14-34(6-2)37-18-13-19-39(29-37)46(27-33(4)36-26-25-35-15-7-8-16-38(35)28-36)45-30-41(24-23-32(45)3)47-31-40-17-9-10-20-42(40)43-21-11-12-22-44(43)47/h5-31H,4H2,1-3H3/b14-5-,34-6+,46-27-. The maximum atomic E-state index is 4.61. The smallest absolute Gasteiger partial charge is 0.00988 e. The highest BCUT2D eigenvalue weighted by Gasteiger charge is 2.15. The molecule has 0 N–H and O–H groups in total. The van der Waals surface area contributed by atoms with E-state index < -0.39 is 0 Å². The van der Waals surface area contributed by atoms with Crippen LogP contribution in [0, 0.1) is 6.92 Å². The summed E-state index contributed by atoms with van der Waals surface area (Å²) in [5.74, 6) is 0. The third-order valence-corrected chi connectivity index (χ3v) is 9.21. The molecule has 0 aromatic heterocycles. The van der Waals surface area contributed by atoms with Gasteiger partial charge in [0.25, 0.3) is 0 Å². The van der Waals surface area contributed by atoms with Crippen LogP contribution in [0.3, 0.4) is 0 Å². The second kappa shape index (κ2) is 12.9. The van der Waals surface area contributed by atoms with Crippen LogP contribution in [0.5, 0.6) is 0 Å². The summed E-state index contributed by atoms with van der Waals surface area (Å²) in [5, 5.41) is 7.52. The lowest BCUT2D eigenvalue weighted by atomic mass is 9.86. The van der Waals surface area contributed by atoms with Crippen LogP contribution in [0.15, 0.2) is 170 Å². The highest BCUT2D eigenvalue weighted by atomic mass is 14.2. The molecule has 7 aromatic rings. The Balaban J connectivity index is 1.44. The summed E-state index contributed by atoms with van der Waals surface area (Å²) >= 11 is 0. The second-order valence-corrected chi connectivity index (χ2v) is 12.2. The van der Waals surface area contributed by atoms with Crippen LogP contribution < -0.4 is 0 Å². The van der Waals surface area contributed by atoms with Crippen LogP contribution in [0.1, 0.15) is 41.7 Å². The molecule has 0 saturated heterocycles. The van der Waals surface area contributed by atoms with Gasteiger partial charge in [-0.3, -0.25) is 0 Å². The van der Waals surface area contributed by atoms with Gasteiger partial charge in [0.2, 0.25) is 0 Å². The van der Waals surface area contributed by atoms with Crippen molar-refractivity contribution in [2.24, 2.45) is 0 Å². The largest absolute Gasteiger partial charge is 0.0911 e. The molecule has 0 amide bonds. The van der Waals surface area contributed by atoms with Gasteiger partial charge in [0.15, 0.2) is 0 Å². The minimum atomic E-state index is 0.983. The molecule has 0 spiro atoms. The van der Waals surface area contributed by atoms with E-state index in [4.69, 9.17) is 0 Å². The molecule has 0 nitrogen and oxygen atoms in total. The monoisotopic (exact) mass is 602 g/mol. The molecular weight excluding hydrogens is 565 g/mol. The summed E-state index contributed by atoms with van der Waals surface area (Å²) in [4.78, 5) is 0. The zero-order chi connectivity index (χ0) is 32.3. The Morgan fingerprint density at radius 3 is 2.04 bits per heavy atom. The molecule has 226 valence electrons. The van der Waals surface area contributed by atoms with Crippen molar-refractivity contribution in [2.45, 2.75) is 20.8 Å². The normalized spacial score (nSPS) is 12.4. The Morgan fingerprint density at radius 1 is 0.553 bits per heavy atom. The first-order valence-corrected chi connectivity index (χ1v) is 16.4. The van der Waals surface area contributed by atoms with Crippen molar-refractivity contribution in [3.8, 4) is 11.1 Å². The van der Waals surface area contributed by atoms with E-state index in [1.165, 1.54) is 65.7 Å². The summed E-state index contributed by atoms with van der Waals surface area (Å²) in [6.45, 7) is 11.0. The Morgan fingerprint density at radius 2 is 1.26 bits per heavy atom. The molecular formula is C47H38. The SMILES string of the molecule is C=C(/C=C(/c1cccc(C(/C=C\C)=C/C)c1)c1cc(-c2cc3ccccc3c3ccccc23)ccc1C)c1ccc2ccccc2c1. The van der Waals surface area contributed by atoms with E-state index in [-0.39, 0.29) is 0 Å². The van der Waals surface area contributed by atoms with Gasteiger partial charge in [0, 0.05) is 0 Å². The van der Waals surface area contributed by atoms with Crippen LogP contribution in [-0.2, 0) is 0 Å². The van der Waals surface area contributed by atoms with Gasteiger partial charge in [-0.05, 0) is 139 Å². The van der Waals surface area contributed by atoms with Crippen molar-refractivity contribution in [3.63, 3.8) is 0 Å². The molecule has 0 aliphatic heterocycles. The zero-order valence-corrected chi connectivity index (χ0v) is 27.3. The first-order chi connectivity index (χ1) is 23.0. The molecule has 47 heavy (non-hydrogen) atoms. The lowest BCUT2D eigenvalue weighted by molar-refractivity contribution is 1.41. The molecule has 0 heteroatoms. The fourth-order valence-corrected chi connectivity index (χ4v) is 6.74. The lowest BCUT2D eigenvalue weighted by Gasteiger charge is -2.17. The first kappa shape index (κ1) is 30.0. The summed E-state index contributed by atoms with van der Waals surface area (Å²) < 4.78 is 0. The maximum Gasteiger partial charge on any atom is -0.00988 e. The number of aryl methyl sites for hydroxylation is 1. The van der Waals surface area contributed by atoms with Crippen LogP contribution in [0.2, 0.25) is 0 Å².